The molecule has 0 radical (unpaired) electrons. The lowest BCUT2D eigenvalue weighted by Crippen LogP contribution is -2.48. The molecular weight excluding hydrogens is 536 g/mol. The highest BCUT2D eigenvalue weighted by Crippen LogP contribution is 2.27. The van der Waals surface area contributed by atoms with E-state index in [4.69, 9.17) is 4.74 Å². The van der Waals surface area contributed by atoms with Gasteiger partial charge in [-0.05, 0) is 80.6 Å². The van der Waals surface area contributed by atoms with Gasteiger partial charge in [0.2, 0.25) is 0 Å². The number of allylic oxidation sites excluding steroid dienone is 4. The van der Waals surface area contributed by atoms with Crippen molar-refractivity contribution in [2.45, 2.75) is 53.0 Å². The maximum atomic E-state index is 13.2. The molecule has 2 aliphatic rings. The summed E-state index contributed by atoms with van der Waals surface area (Å²) in [4.78, 5) is 22.1. The minimum absolute atomic E-state index is 0.0459. The molecule has 1 N–H and O–H groups in total. The van der Waals surface area contributed by atoms with Gasteiger partial charge in [-0.1, -0.05) is 37.6 Å². The van der Waals surface area contributed by atoms with Gasteiger partial charge < -0.3 is 9.64 Å². The van der Waals surface area contributed by atoms with Gasteiger partial charge in [-0.3, -0.25) is 19.4 Å². The second kappa shape index (κ2) is 14.5. The number of carbonyl (C=O) groups excluding carboxylic acids is 1. The molecular formula is C32H42N4O4S. The molecule has 0 aromatic heterocycles. The second-order valence-electron chi connectivity index (χ2n) is 10.3. The third-order valence-corrected chi connectivity index (χ3v) is 8.79. The van der Waals surface area contributed by atoms with E-state index >= 15 is 0 Å². The van der Waals surface area contributed by atoms with Crippen LogP contribution in [0.2, 0.25) is 0 Å². The summed E-state index contributed by atoms with van der Waals surface area (Å²) < 4.78 is 35.0. The molecule has 0 saturated carbocycles. The summed E-state index contributed by atoms with van der Waals surface area (Å²) in [6.07, 6.45) is 7.25. The summed E-state index contributed by atoms with van der Waals surface area (Å²) in [5.41, 5.74) is 3.64. The van der Waals surface area contributed by atoms with E-state index in [-0.39, 0.29) is 10.8 Å². The zero-order chi connectivity index (χ0) is 29.2. The fourth-order valence-corrected chi connectivity index (χ4v) is 6.44. The van der Waals surface area contributed by atoms with Crippen LogP contribution in [0.15, 0.2) is 76.2 Å². The van der Waals surface area contributed by atoms with Crippen LogP contribution in [0.4, 0.5) is 5.69 Å². The first-order valence-electron chi connectivity index (χ1n) is 14.6. The number of hydrogen-bond donors (Lipinski definition) is 1. The number of hydrogen-bond acceptors (Lipinski definition) is 6. The van der Waals surface area contributed by atoms with Crippen LogP contribution in [0, 0.1) is 0 Å². The first kappa shape index (κ1) is 30.5. The monoisotopic (exact) mass is 578 g/mol. The van der Waals surface area contributed by atoms with Crippen LogP contribution in [0.3, 0.4) is 0 Å². The van der Waals surface area contributed by atoms with E-state index in [1.54, 1.807) is 30.3 Å². The van der Waals surface area contributed by atoms with Crippen LogP contribution in [0.25, 0.3) is 0 Å². The molecule has 41 heavy (non-hydrogen) atoms. The molecule has 1 aliphatic heterocycles. The van der Waals surface area contributed by atoms with Gasteiger partial charge in [-0.25, -0.2) is 8.42 Å². The lowest BCUT2D eigenvalue weighted by Gasteiger charge is -2.34. The Morgan fingerprint density at radius 1 is 1.07 bits per heavy atom. The smallest absolute Gasteiger partial charge is 0.263 e. The Hall–Kier alpha value is -3.43. The van der Waals surface area contributed by atoms with Gasteiger partial charge in [0.1, 0.15) is 10.7 Å². The van der Waals surface area contributed by atoms with Crippen molar-refractivity contribution in [2.75, 3.05) is 44.1 Å². The molecule has 0 unspecified atom stereocenters. The van der Waals surface area contributed by atoms with Crippen molar-refractivity contribution in [1.82, 2.24) is 9.80 Å². The van der Waals surface area contributed by atoms with Crippen LogP contribution in [0.1, 0.15) is 62.4 Å². The lowest BCUT2D eigenvalue weighted by molar-refractivity contribution is 0.0628. The second-order valence-corrected chi connectivity index (χ2v) is 12.0. The predicted octanol–water partition coefficient (Wildman–Crippen LogP) is 5.65. The maximum absolute atomic E-state index is 13.2. The first-order chi connectivity index (χ1) is 19.8. The molecule has 0 spiro atoms. The third-order valence-electron chi connectivity index (χ3n) is 7.35. The Kier molecular flexibility index (Phi) is 10.8. The van der Waals surface area contributed by atoms with Gasteiger partial charge >= 0.3 is 0 Å². The minimum Gasteiger partial charge on any atom is -0.494 e. The molecule has 1 aliphatic carbocycles. The van der Waals surface area contributed by atoms with Gasteiger partial charge in [0.15, 0.2) is 0 Å². The number of sulfonamides is 1. The number of piperazine rings is 1. The minimum atomic E-state index is -3.81. The molecule has 4 rings (SSSR count). The molecule has 1 heterocycles. The number of nitrogens with one attached hydrogen (secondary N) is 1. The van der Waals surface area contributed by atoms with Crippen LogP contribution < -0.4 is 9.46 Å². The van der Waals surface area contributed by atoms with Gasteiger partial charge in [0.05, 0.1) is 12.3 Å². The molecule has 1 saturated heterocycles. The predicted molar refractivity (Wildman–Crippen MR) is 166 cm³/mol. The van der Waals surface area contributed by atoms with Crippen LogP contribution in [-0.2, 0) is 16.6 Å². The van der Waals surface area contributed by atoms with E-state index in [1.807, 2.05) is 37.0 Å². The highest BCUT2D eigenvalue weighted by molar-refractivity contribution is 7.97. The highest BCUT2D eigenvalue weighted by Gasteiger charge is 2.28. The van der Waals surface area contributed by atoms with Crippen molar-refractivity contribution in [2.24, 2.45) is 4.99 Å². The Balaban J connectivity index is 1.32. The summed E-state index contributed by atoms with van der Waals surface area (Å²) in [7, 11) is -3.81. The van der Waals surface area contributed by atoms with E-state index < -0.39 is 10.0 Å². The number of aliphatic imine (C=N–C) groups is 1. The van der Waals surface area contributed by atoms with Gasteiger partial charge in [0, 0.05) is 50.5 Å². The van der Waals surface area contributed by atoms with Gasteiger partial charge in [-0.15, -0.1) is 0 Å². The molecule has 0 atom stereocenters. The number of anilines is 1. The number of unbranched alkanes of at least 4 members (excludes halogenated alkanes) is 1. The number of rotatable bonds is 11. The maximum Gasteiger partial charge on any atom is 0.263 e. The molecule has 2 aromatic carbocycles. The summed E-state index contributed by atoms with van der Waals surface area (Å²) >= 11 is 0. The average Bonchev–Trinajstić information content (AvgIpc) is 2.98. The molecule has 220 valence electrons. The first-order valence-corrected chi connectivity index (χ1v) is 16.1. The summed E-state index contributed by atoms with van der Waals surface area (Å²) in [5, 5.41) is 0. The molecule has 0 bridgehead atoms. The Morgan fingerprint density at radius 3 is 2.51 bits per heavy atom. The Bertz CT molecular complexity index is 1390. The normalized spacial score (nSPS) is 18.4. The fourth-order valence-electron chi connectivity index (χ4n) is 5.10. The largest absolute Gasteiger partial charge is 0.494 e. The molecule has 1 fully saturated rings. The van der Waals surface area contributed by atoms with Crippen molar-refractivity contribution in [3.8, 4) is 5.75 Å². The van der Waals surface area contributed by atoms with E-state index in [9.17, 15) is 13.2 Å². The van der Waals surface area contributed by atoms with Crippen molar-refractivity contribution in [3.05, 3.63) is 82.3 Å². The quantitative estimate of drug-likeness (QED) is 0.348. The van der Waals surface area contributed by atoms with Crippen molar-refractivity contribution < 1.29 is 17.9 Å². The van der Waals surface area contributed by atoms with Crippen molar-refractivity contribution >= 4 is 27.3 Å². The van der Waals surface area contributed by atoms with Gasteiger partial charge in [0.25, 0.3) is 15.9 Å². The standard InChI is InChI=1S/C32H42N4O4S/c1-4-7-22-40-29-12-8-10-25(23-29)24-35-18-20-36(21-19-35)32(37)27-14-16-28(17-15-27)34-41(38,39)30-13-9-11-26(5-2)31(30)33-6-3/h5,8,10,12-17,23,34H,4,6-7,9,11,18-22,24H2,1-3H3/b26-5-,33-31?. The number of amides is 1. The third kappa shape index (κ3) is 8.07. The van der Waals surface area contributed by atoms with Crippen molar-refractivity contribution in [3.63, 3.8) is 0 Å². The Morgan fingerprint density at radius 2 is 1.83 bits per heavy atom. The van der Waals surface area contributed by atoms with Gasteiger partial charge in [-0.2, -0.15) is 0 Å². The zero-order valence-corrected chi connectivity index (χ0v) is 25.3. The Labute approximate surface area is 244 Å². The molecule has 1 amide bonds. The van der Waals surface area contributed by atoms with E-state index in [0.717, 1.165) is 56.8 Å². The molecule has 2 aromatic rings. The average molecular weight is 579 g/mol. The summed E-state index contributed by atoms with van der Waals surface area (Å²) in [5.74, 6) is 0.860. The topological polar surface area (TPSA) is 91.3 Å². The number of carbonyl (C=O) groups is 1. The highest BCUT2D eigenvalue weighted by atomic mass is 32.2. The van der Waals surface area contributed by atoms with E-state index in [0.29, 0.717) is 43.0 Å². The van der Waals surface area contributed by atoms with E-state index in [2.05, 4.69) is 33.7 Å². The number of benzene rings is 2. The van der Waals surface area contributed by atoms with Crippen LogP contribution in [0.5, 0.6) is 5.75 Å². The summed E-state index contributed by atoms with van der Waals surface area (Å²) in [6.45, 7) is 10.9. The lowest BCUT2D eigenvalue weighted by atomic mass is 9.98. The van der Waals surface area contributed by atoms with E-state index in [1.165, 1.54) is 5.56 Å². The van der Waals surface area contributed by atoms with Crippen LogP contribution in [-0.4, -0.2) is 69.2 Å². The number of ether oxygens (including phenoxy) is 1. The SMILES string of the molecule is C/C=C1/CCC=C(S(=O)(=O)Nc2ccc(C(=O)N3CCN(Cc4cccc(OCCCC)c4)CC3)cc2)C1=NCC. The molecule has 9 heteroatoms. The molecule has 8 nitrogen and oxygen atoms in total. The zero-order valence-electron chi connectivity index (χ0n) is 24.4. The van der Waals surface area contributed by atoms with Crippen molar-refractivity contribution in [1.29, 1.82) is 0 Å². The van der Waals surface area contributed by atoms with Crippen LogP contribution >= 0.6 is 0 Å². The summed E-state index contributed by atoms with van der Waals surface area (Å²) in [6, 6.07) is 14.9. The number of nitrogens with zero attached hydrogens (tertiary/aromatic N) is 3. The fraction of sp³-hybridized carbons (Fsp3) is 0.438.